The zero-order valence-electron chi connectivity index (χ0n) is 17.8. The van der Waals surface area contributed by atoms with Crippen LogP contribution in [0, 0.1) is 5.82 Å². The molecule has 0 saturated carbocycles. The predicted octanol–water partition coefficient (Wildman–Crippen LogP) is 5.07. The fourth-order valence-corrected chi connectivity index (χ4v) is 5.50. The fraction of sp³-hybridized carbons (Fsp3) is 0.269. The highest BCUT2D eigenvalue weighted by molar-refractivity contribution is 5.98. The molecular formula is C26H23FN4O. The third kappa shape index (κ3) is 2.93. The first-order valence-corrected chi connectivity index (χ1v) is 11.1. The first-order chi connectivity index (χ1) is 15.6. The maximum absolute atomic E-state index is 13.9. The summed E-state index contributed by atoms with van der Waals surface area (Å²) >= 11 is 0. The lowest BCUT2D eigenvalue weighted by Crippen LogP contribution is -2.49. The van der Waals surface area contributed by atoms with Gasteiger partial charge >= 0.3 is 0 Å². The highest BCUT2D eigenvalue weighted by Crippen LogP contribution is 2.45. The summed E-state index contributed by atoms with van der Waals surface area (Å²) in [6, 6.07) is 16.3. The Hall–Kier alpha value is -3.54. The topological polar surface area (TPSA) is 51.0 Å². The lowest BCUT2D eigenvalue weighted by Gasteiger charge is -2.45. The Labute approximate surface area is 185 Å². The number of halogens is 1. The lowest BCUT2D eigenvalue weighted by atomic mass is 9.81. The number of hydrogen-bond donors (Lipinski definition) is 0. The molecule has 2 aromatic carbocycles. The van der Waals surface area contributed by atoms with Crippen molar-refractivity contribution in [1.82, 2.24) is 19.7 Å². The molecule has 2 bridgehead atoms. The van der Waals surface area contributed by atoms with Gasteiger partial charge in [0.25, 0.3) is 5.91 Å². The number of benzene rings is 2. The molecule has 6 heteroatoms. The first-order valence-electron chi connectivity index (χ1n) is 11.1. The van der Waals surface area contributed by atoms with E-state index in [1.165, 1.54) is 6.07 Å². The van der Waals surface area contributed by atoms with Crippen LogP contribution in [-0.2, 0) is 13.5 Å². The van der Waals surface area contributed by atoms with Crippen LogP contribution in [0.25, 0.3) is 22.2 Å². The summed E-state index contributed by atoms with van der Waals surface area (Å²) < 4.78 is 15.8. The quantitative estimate of drug-likeness (QED) is 0.450. The summed E-state index contributed by atoms with van der Waals surface area (Å²) in [6.07, 6.45) is 5.44. The summed E-state index contributed by atoms with van der Waals surface area (Å²) in [5.41, 5.74) is 5.47. The number of aryl methyl sites for hydroxylation is 1. The zero-order chi connectivity index (χ0) is 21.8. The van der Waals surface area contributed by atoms with Gasteiger partial charge in [0.15, 0.2) is 0 Å². The Balaban J connectivity index is 1.42. The molecule has 1 amide bonds. The minimum absolute atomic E-state index is 0.0501. The van der Waals surface area contributed by atoms with E-state index in [9.17, 15) is 9.18 Å². The van der Waals surface area contributed by atoms with Crippen molar-refractivity contribution in [1.29, 1.82) is 0 Å². The summed E-state index contributed by atoms with van der Waals surface area (Å²) in [5.74, 6) is -0.204. The summed E-state index contributed by atoms with van der Waals surface area (Å²) in [4.78, 5) is 20.1. The van der Waals surface area contributed by atoms with E-state index >= 15 is 0 Å². The van der Waals surface area contributed by atoms with Gasteiger partial charge in [0.2, 0.25) is 0 Å². The summed E-state index contributed by atoms with van der Waals surface area (Å²) in [7, 11) is 1.91. The molecule has 32 heavy (non-hydrogen) atoms. The number of amides is 1. The second-order valence-electron chi connectivity index (χ2n) is 8.77. The molecule has 2 atom stereocenters. The van der Waals surface area contributed by atoms with Crippen LogP contribution in [0.15, 0.2) is 60.8 Å². The van der Waals surface area contributed by atoms with Crippen molar-refractivity contribution in [2.45, 2.75) is 37.8 Å². The monoisotopic (exact) mass is 426 g/mol. The summed E-state index contributed by atoms with van der Waals surface area (Å²) in [6.45, 7) is 0. The molecule has 0 N–H and O–H groups in total. The van der Waals surface area contributed by atoms with Crippen LogP contribution in [0.3, 0.4) is 0 Å². The van der Waals surface area contributed by atoms with E-state index in [-0.39, 0.29) is 23.8 Å². The first kappa shape index (κ1) is 19.2. The number of fused-ring (bicyclic) bond motifs is 5. The Morgan fingerprint density at radius 1 is 1.09 bits per heavy atom. The minimum atomic E-state index is -0.254. The van der Waals surface area contributed by atoms with Gasteiger partial charge in [-0.05, 0) is 62.1 Å². The van der Waals surface area contributed by atoms with E-state index in [1.807, 2.05) is 53.0 Å². The van der Waals surface area contributed by atoms with Crippen LogP contribution in [-0.4, -0.2) is 31.6 Å². The van der Waals surface area contributed by atoms with Gasteiger partial charge in [0, 0.05) is 41.4 Å². The number of aromatic nitrogens is 3. The third-order valence-electron chi connectivity index (χ3n) is 6.86. The Morgan fingerprint density at radius 3 is 2.88 bits per heavy atom. The van der Waals surface area contributed by atoms with Gasteiger partial charge in [0.05, 0.1) is 22.9 Å². The van der Waals surface area contributed by atoms with Crippen LogP contribution in [0.2, 0.25) is 0 Å². The predicted molar refractivity (Wildman–Crippen MR) is 121 cm³/mol. The molecular weight excluding hydrogens is 403 g/mol. The number of hydrogen-bond acceptors (Lipinski definition) is 3. The molecule has 6 rings (SSSR count). The van der Waals surface area contributed by atoms with E-state index in [0.29, 0.717) is 5.56 Å². The second-order valence-corrected chi connectivity index (χ2v) is 8.77. The van der Waals surface area contributed by atoms with Gasteiger partial charge in [-0.15, -0.1) is 0 Å². The standard InChI is InChI=1S/C26H23FN4O/c1-30-25(17-5-2-7-19(27)14-17)21-15-20-8-3-9-23(24(21)29-30)31(20)26(32)18-10-11-22-16(13-18)6-4-12-28-22/h2,4-7,10-14,20,23H,3,8-9,15H2,1H3/t20-,23+/m1/s1. The Morgan fingerprint density at radius 2 is 2.00 bits per heavy atom. The van der Waals surface area contributed by atoms with E-state index in [1.54, 1.807) is 18.3 Å². The van der Waals surface area contributed by atoms with Crippen LogP contribution < -0.4 is 0 Å². The van der Waals surface area contributed by atoms with Crippen molar-refractivity contribution in [2.75, 3.05) is 0 Å². The smallest absolute Gasteiger partial charge is 0.254 e. The normalized spacial score (nSPS) is 19.8. The van der Waals surface area contributed by atoms with Gasteiger partial charge in [-0.3, -0.25) is 14.5 Å². The third-order valence-corrected chi connectivity index (χ3v) is 6.86. The number of carbonyl (C=O) groups is 1. The van der Waals surface area contributed by atoms with Crippen molar-refractivity contribution >= 4 is 16.8 Å². The van der Waals surface area contributed by atoms with Crippen LogP contribution in [0.4, 0.5) is 4.39 Å². The molecule has 5 nitrogen and oxygen atoms in total. The van der Waals surface area contributed by atoms with Gasteiger partial charge < -0.3 is 4.90 Å². The van der Waals surface area contributed by atoms with Crippen molar-refractivity contribution in [3.63, 3.8) is 0 Å². The molecule has 0 spiro atoms. The lowest BCUT2D eigenvalue weighted by molar-refractivity contribution is 0.0392. The van der Waals surface area contributed by atoms with Crippen LogP contribution >= 0.6 is 0 Å². The molecule has 1 fully saturated rings. The number of piperidine rings is 1. The van der Waals surface area contributed by atoms with Gasteiger partial charge in [0.1, 0.15) is 5.82 Å². The van der Waals surface area contributed by atoms with Gasteiger partial charge in [-0.2, -0.15) is 5.10 Å². The molecule has 160 valence electrons. The highest BCUT2D eigenvalue weighted by Gasteiger charge is 2.43. The molecule has 0 aliphatic carbocycles. The fourth-order valence-electron chi connectivity index (χ4n) is 5.50. The van der Waals surface area contributed by atoms with Crippen molar-refractivity contribution < 1.29 is 9.18 Å². The second kappa shape index (κ2) is 7.26. The molecule has 0 radical (unpaired) electrons. The average molecular weight is 426 g/mol. The molecule has 2 aliphatic heterocycles. The SMILES string of the molecule is Cn1nc2c(c1-c1cccc(F)c1)C[C@H]1CCC[C@@H]2N1C(=O)c1ccc2ncccc2c1. The highest BCUT2D eigenvalue weighted by atomic mass is 19.1. The Bertz CT molecular complexity index is 1360. The molecule has 2 aromatic heterocycles. The summed E-state index contributed by atoms with van der Waals surface area (Å²) in [5, 5.41) is 5.81. The largest absolute Gasteiger partial charge is 0.327 e. The van der Waals surface area contributed by atoms with Crippen LogP contribution in [0.5, 0.6) is 0 Å². The van der Waals surface area contributed by atoms with Crippen molar-refractivity contribution in [3.8, 4) is 11.3 Å². The maximum atomic E-state index is 13.9. The average Bonchev–Trinajstić information content (AvgIpc) is 3.13. The molecule has 2 aliphatic rings. The number of nitrogens with zero attached hydrogens (tertiary/aromatic N) is 4. The number of pyridine rings is 1. The zero-order valence-corrected chi connectivity index (χ0v) is 17.8. The molecule has 0 unspecified atom stereocenters. The van der Waals surface area contributed by atoms with Gasteiger partial charge in [-0.25, -0.2) is 4.39 Å². The van der Waals surface area contributed by atoms with Crippen molar-refractivity contribution in [2.24, 2.45) is 7.05 Å². The molecule has 4 aromatic rings. The van der Waals surface area contributed by atoms with E-state index < -0.39 is 0 Å². The van der Waals surface area contributed by atoms with Crippen molar-refractivity contribution in [3.05, 3.63) is 83.4 Å². The molecule has 1 saturated heterocycles. The van der Waals surface area contributed by atoms with Gasteiger partial charge in [-0.1, -0.05) is 18.2 Å². The maximum Gasteiger partial charge on any atom is 0.254 e. The number of carbonyl (C=O) groups excluding carboxylic acids is 1. The molecule has 4 heterocycles. The van der Waals surface area contributed by atoms with E-state index in [4.69, 9.17) is 5.10 Å². The minimum Gasteiger partial charge on any atom is -0.327 e. The van der Waals surface area contributed by atoms with Crippen LogP contribution in [0.1, 0.15) is 46.9 Å². The number of rotatable bonds is 2. The van der Waals surface area contributed by atoms with E-state index in [2.05, 4.69) is 4.98 Å². The van der Waals surface area contributed by atoms with E-state index in [0.717, 1.165) is 59.1 Å². The Kier molecular flexibility index (Phi) is 4.35.